The fraction of sp³-hybridized carbons (Fsp3) is 0.571. The molecule has 0 atom stereocenters. The van der Waals surface area contributed by atoms with Crippen molar-refractivity contribution in [1.82, 2.24) is 10.4 Å². The second-order valence-corrected chi connectivity index (χ2v) is 9.87. The summed E-state index contributed by atoms with van der Waals surface area (Å²) < 4.78 is 0. The van der Waals surface area contributed by atoms with Crippen LogP contribution in [0.1, 0.15) is 71.6 Å². The smallest absolute Gasteiger partial charge is 0.275 e. The van der Waals surface area contributed by atoms with Gasteiger partial charge in [-0.2, -0.15) is 0 Å². The van der Waals surface area contributed by atoms with Crippen molar-refractivity contribution in [1.29, 1.82) is 0 Å². The topological polar surface area (TPSA) is 52.6 Å². The van der Waals surface area contributed by atoms with Crippen LogP contribution in [0.15, 0.2) is 17.0 Å². The number of hydrazine groups is 1. The van der Waals surface area contributed by atoms with Gasteiger partial charge >= 0.3 is 0 Å². The van der Waals surface area contributed by atoms with E-state index in [0.717, 1.165) is 34.6 Å². The van der Waals surface area contributed by atoms with Gasteiger partial charge in [0.2, 0.25) is 0 Å². The molecule has 1 aromatic carbocycles. The van der Waals surface area contributed by atoms with E-state index in [-0.39, 0.29) is 16.7 Å². The molecule has 1 fully saturated rings. The molecule has 5 heteroatoms. The number of carbonyl (C=O) groups excluding carboxylic acids is 1. The maximum Gasteiger partial charge on any atom is 0.275 e. The minimum atomic E-state index is -0.180. The fourth-order valence-electron chi connectivity index (χ4n) is 2.89. The predicted molar refractivity (Wildman–Crippen MR) is 111 cm³/mol. The van der Waals surface area contributed by atoms with Gasteiger partial charge in [0.1, 0.15) is 5.75 Å². The lowest BCUT2D eigenvalue weighted by atomic mass is 9.78. The molecule has 1 saturated heterocycles. The monoisotopic (exact) mass is 376 g/mol. The molecule has 2 N–H and O–H groups in total. The maximum absolute atomic E-state index is 12.6. The predicted octanol–water partition coefficient (Wildman–Crippen LogP) is 4.78. The Morgan fingerprint density at radius 3 is 2.15 bits per heavy atom. The van der Waals surface area contributed by atoms with Crippen LogP contribution in [0.4, 0.5) is 0 Å². The number of hydrogen-bond donors (Lipinski definition) is 2. The molecule has 1 heterocycles. The van der Waals surface area contributed by atoms with E-state index < -0.39 is 0 Å². The van der Waals surface area contributed by atoms with E-state index in [0.29, 0.717) is 11.6 Å². The third-order valence-corrected chi connectivity index (χ3v) is 5.39. The van der Waals surface area contributed by atoms with Crippen LogP contribution in [0, 0.1) is 0 Å². The molecule has 0 spiro atoms. The number of carbonyl (C=O) groups is 1. The van der Waals surface area contributed by atoms with Gasteiger partial charge in [-0.15, -0.1) is 0 Å². The molecular weight excluding hydrogens is 344 g/mol. The average Bonchev–Trinajstić information content (AvgIpc) is 2.85. The van der Waals surface area contributed by atoms with E-state index in [1.54, 1.807) is 16.8 Å². The molecule has 1 aromatic rings. The van der Waals surface area contributed by atoms with Crippen molar-refractivity contribution in [2.45, 2.75) is 65.7 Å². The van der Waals surface area contributed by atoms with Crippen LogP contribution in [0.25, 0.3) is 6.08 Å². The molecule has 1 amide bonds. The number of phenolic OH excluding ortho intramolecular Hbond substituents is 1. The average molecular weight is 377 g/mol. The Kier molecular flexibility index (Phi) is 6.13. The van der Waals surface area contributed by atoms with E-state index in [1.165, 1.54) is 0 Å². The lowest BCUT2D eigenvalue weighted by Crippen LogP contribution is -2.39. The zero-order valence-electron chi connectivity index (χ0n) is 17.1. The third-order valence-electron chi connectivity index (χ3n) is 4.40. The largest absolute Gasteiger partial charge is 0.507 e. The first kappa shape index (κ1) is 20.8. The Bertz CT molecular complexity index is 677. The lowest BCUT2D eigenvalue weighted by Gasteiger charge is -2.28. The Hall–Kier alpha value is -1.46. The summed E-state index contributed by atoms with van der Waals surface area (Å²) in [5.74, 6) is 1.01. The number of hydrogen-bond acceptors (Lipinski definition) is 4. The number of phenols is 1. The number of aromatic hydroxyl groups is 1. The summed E-state index contributed by atoms with van der Waals surface area (Å²) in [6, 6.07) is 4.01. The van der Waals surface area contributed by atoms with Crippen LogP contribution in [0.3, 0.4) is 0 Å². The van der Waals surface area contributed by atoms with Crippen molar-refractivity contribution < 1.29 is 9.90 Å². The first-order valence-corrected chi connectivity index (χ1v) is 10.2. The summed E-state index contributed by atoms with van der Waals surface area (Å²) in [4.78, 5) is 13.3. The van der Waals surface area contributed by atoms with Gasteiger partial charge in [0.15, 0.2) is 0 Å². The molecule has 0 aromatic heterocycles. The first-order chi connectivity index (χ1) is 11.9. The SMILES string of the molecule is CCCNN1CSC(=Cc2cc(C(C)(C)C)c(O)c(C(C)(C)C)c2)C1=O. The van der Waals surface area contributed by atoms with E-state index in [1.807, 2.05) is 18.2 Å². The van der Waals surface area contributed by atoms with Crippen molar-refractivity contribution in [2.75, 3.05) is 12.4 Å². The molecule has 1 aliphatic rings. The second kappa shape index (κ2) is 7.65. The van der Waals surface area contributed by atoms with E-state index in [2.05, 4.69) is 53.9 Å². The highest BCUT2D eigenvalue weighted by molar-refractivity contribution is 8.04. The summed E-state index contributed by atoms with van der Waals surface area (Å²) in [5.41, 5.74) is 5.58. The molecule has 144 valence electrons. The second-order valence-electron chi connectivity index (χ2n) is 8.89. The summed E-state index contributed by atoms with van der Waals surface area (Å²) in [7, 11) is 0. The lowest BCUT2D eigenvalue weighted by molar-refractivity contribution is -0.127. The highest BCUT2D eigenvalue weighted by Crippen LogP contribution is 2.40. The summed E-state index contributed by atoms with van der Waals surface area (Å²) in [6.07, 6.45) is 2.93. The van der Waals surface area contributed by atoms with Crippen LogP contribution < -0.4 is 5.43 Å². The van der Waals surface area contributed by atoms with Gasteiger partial charge in [0, 0.05) is 17.7 Å². The van der Waals surface area contributed by atoms with Crippen molar-refractivity contribution in [2.24, 2.45) is 0 Å². The molecule has 0 bridgehead atoms. The highest BCUT2D eigenvalue weighted by Gasteiger charge is 2.29. The molecule has 0 saturated carbocycles. The maximum atomic E-state index is 12.6. The zero-order chi connectivity index (χ0) is 19.7. The first-order valence-electron chi connectivity index (χ1n) is 9.23. The molecule has 1 aliphatic heterocycles. The molecular formula is C21H32N2O2S. The van der Waals surface area contributed by atoms with Gasteiger partial charge in [-0.05, 0) is 41.0 Å². The Labute approximate surface area is 162 Å². The summed E-state index contributed by atoms with van der Waals surface area (Å²) in [6.45, 7) is 15.4. The van der Waals surface area contributed by atoms with Gasteiger partial charge in [-0.1, -0.05) is 60.2 Å². The molecule has 4 nitrogen and oxygen atoms in total. The Morgan fingerprint density at radius 2 is 1.69 bits per heavy atom. The normalized spacial score (nSPS) is 17.4. The quantitative estimate of drug-likeness (QED) is 0.743. The van der Waals surface area contributed by atoms with Crippen LogP contribution in [0.5, 0.6) is 5.75 Å². The van der Waals surface area contributed by atoms with Crippen molar-refractivity contribution in [3.8, 4) is 5.75 Å². The Morgan fingerprint density at radius 1 is 1.15 bits per heavy atom. The van der Waals surface area contributed by atoms with Crippen LogP contribution in [0.2, 0.25) is 0 Å². The van der Waals surface area contributed by atoms with Crippen LogP contribution >= 0.6 is 11.8 Å². The van der Waals surface area contributed by atoms with E-state index >= 15 is 0 Å². The highest BCUT2D eigenvalue weighted by atomic mass is 32.2. The molecule has 0 unspecified atom stereocenters. The number of amides is 1. The molecule has 0 aliphatic carbocycles. The van der Waals surface area contributed by atoms with Crippen molar-refractivity contribution in [3.05, 3.63) is 33.7 Å². The van der Waals surface area contributed by atoms with E-state index in [4.69, 9.17) is 0 Å². The standard InChI is InChI=1S/C21H32N2O2S/c1-8-9-22-23-13-26-17(19(23)25)12-14-10-15(20(2,3)4)18(24)16(11-14)21(5,6)7/h10-12,22,24H,8-9,13H2,1-7H3. The third kappa shape index (κ3) is 4.63. The van der Waals surface area contributed by atoms with Gasteiger partial charge in [-0.25, -0.2) is 5.43 Å². The molecule has 2 rings (SSSR count). The number of nitrogens with one attached hydrogen (secondary N) is 1. The number of nitrogens with zero attached hydrogens (tertiary/aromatic N) is 1. The zero-order valence-corrected chi connectivity index (χ0v) is 17.9. The van der Waals surface area contributed by atoms with E-state index in [9.17, 15) is 9.90 Å². The van der Waals surface area contributed by atoms with Crippen molar-refractivity contribution in [3.63, 3.8) is 0 Å². The van der Waals surface area contributed by atoms with Crippen molar-refractivity contribution >= 4 is 23.7 Å². The minimum Gasteiger partial charge on any atom is -0.507 e. The van der Waals surface area contributed by atoms with Gasteiger partial charge in [0.05, 0.1) is 10.8 Å². The number of benzene rings is 1. The summed E-state index contributed by atoms with van der Waals surface area (Å²) >= 11 is 1.55. The number of rotatable bonds is 4. The van der Waals surface area contributed by atoms with Crippen LogP contribution in [-0.4, -0.2) is 28.4 Å². The molecule has 0 radical (unpaired) electrons. The van der Waals surface area contributed by atoms with Gasteiger partial charge in [0.25, 0.3) is 5.91 Å². The number of thioether (sulfide) groups is 1. The molecule has 26 heavy (non-hydrogen) atoms. The van der Waals surface area contributed by atoms with Gasteiger partial charge < -0.3 is 5.11 Å². The Balaban J connectivity index is 2.46. The summed E-state index contributed by atoms with van der Waals surface area (Å²) in [5, 5.41) is 12.5. The fourth-order valence-corrected chi connectivity index (χ4v) is 3.82. The minimum absolute atomic E-state index is 0.0196. The van der Waals surface area contributed by atoms with Gasteiger partial charge in [-0.3, -0.25) is 9.80 Å². The van der Waals surface area contributed by atoms with Crippen LogP contribution in [-0.2, 0) is 15.6 Å².